The zero-order valence-electron chi connectivity index (χ0n) is 11.0. The van der Waals surface area contributed by atoms with Gasteiger partial charge in [-0.3, -0.25) is 4.99 Å². The second kappa shape index (κ2) is 7.64. The van der Waals surface area contributed by atoms with Gasteiger partial charge in [-0.15, -0.1) is 22.7 Å². The summed E-state index contributed by atoms with van der Waals surface area (Å²) in [6.45, 7) is 1.11. The van der Waals surface area contributed by atoms with Crippen LogP contribution in [0.5, 0.6) is 0 Å². The smallest absolute Gasteiger partial charge is 0.191 e. The number of aliphatic hydroxyl groups is 1. The summed E-state index contributed by atoms with van der Waals surface area (Å²) in [5.74, 6) is 0.667. The second-order valence-electron chi connectivity index (χ2n) is 4.04. The largest absolute Gasteiger partial charge is 0.386 e. The van der Waals surface area contributed by atoms with Gasteiger partial charge >= 0.3 is 0 Å². The average molecular weight is 330 g/mol. The molecule has 108 valence electrons. The summed E-state index contributed by atoms with van der Waals surface area (Å²) >= 11 is 8.93. The number of thiophene rings is 2. The maximum atomic E-state index is 10.0. The van der Waals surface area contributed by atoms with Crippen LogP contribution in [0.3, 0.4) is 0 Å². The Balaban J connectivity index is 1.79. The molecule has 1 unspecified atom stereocenters. The summed E-state index contributed by atoms with van der Waals surface area (Å²) in [6.07, 6.45) is -0.590. The van der Waals surface area contributed by atoms with Crippen LogP contribution in [0.4, 0.5) is 0 Å². The van der Waals surface area contributed by atoms with Gasteiger partial charge in [0.1, 0.15) is 6.10 Å². The van der Waals surface area contributed by atoms with Crippen molar-refractivity contribution in [3.05, 3.63) is 43.7 Å². The number of nitrogens with zero attached hydrogens (tertiary/aromatic N) is 1. The number of rotatable bonds is 5. The maximum Gasteiger partial charge on any atom is 0.191 e. The highest BCUT2D eigenvalue weighted by Crippen LogP contribution is 2.26. The van der Waals surface area contributed by atoms with Crippen molar-refractivity contribution in [3.63, 3.8) is 0 Å². The van der Waals surface area contributed by atoms with E-state index in [0.717, 1.165) is 11.4 Å². The Morgan fingerprint density at radius 3 is 2.85 bits per heavy atom. The van der Waals surface area contributed by atoms with Gasteiger partial charge in [0.2, 0.25) is 0 Å². The lowest BCUT2D eigenvalue weighted by Gasteiger charge is -2.14. The first-order chi connectivity index (χ1) is 9.69. The molecule has 2 aromatic heterocycles. The molecule has 4 nitrogen and oxygen atoms in total. The number of hydrogen-bond donors (Lipinski definition) is 3. The molecule has 0 aromatic carbocycles. The van der Waals surface area contributed by atoms with Gasteiger partial charge in [0, 0.05) is 23.3 Å². The third-order valence-corrected chi connectivity index (χ3v) is 4.83. The fourth-order valence-electron chi connectivity index (χ4n) is 1.61. The fourth-order valence-corrected chi connectivity index (χ4v) is 3.30. The van der Waals surface area contributed by atoms with Gasteiger partial charge < -0.3 is 15.7 Å². The normalized spacial score (nSPS) is 13.2. The van der Waals surface area contributed by atoms with E-state index in [-0.39, 0.29) is 0 Å². The van der Waals surface area contributed by atoms with E-state index in [1.165, 1.54) is 16.2 Å². The van der Waals surface area contributed by atoms with Gasteiger partial charge in [0.15, 0.2) is 5.96 Å². The average Bonchev–Trinajstić information content (AvgIpc) is 3.10. The summed E-state index contributed by atoms with van der Waals surface area (Å²) < 4.78 is 0.680. The number of guanidine groups is 1. The summed E-state index contributed by atoms with van der Waals surface area (Å²) in [6, 6.07) is 7.70. The highest BCUT2D eigenvalue weighted by molar-refractivity contribution is 7.16. The first-order valence-corrected chi connectivity index (χ1v) is 8.16. The lowest BCUT2D eigenvalue weighted by Crippen LogP contribution is -2.38. The molecule has 0 saturated heterocycles. The molecule has 0 saturated carbocycles. The topological polar surface area (TPSA) is 56.7 Å². The standard InChI is InChI=1S/C13H16ClN3OS2/c1-15-13(16-7-9-3-2-6-19-9)17-8-10(18)11-4-5-12(14)20-11/h2-6,10,18H,7-8H2,1H3,(H2,15,16,17). The zero-order chi connectivity index (χ0) is 14.4. The van der Waals surface area contributed by atoms with E-state index in [0.29, 0.717) is 16.8 Å². The van der Waals surface area contributed by atoms with Crippen molar-refractivity contribution >= 4 is 40.2 Å². The van der Waals surface area contributed by atoms with Crippen LogP contribution < -0.4 is 10.6 Å². The number of halogens is 1. The molecule has 0 amide bonds. The molecule has 7 heteroatoms. The highest BCUT2D eigenvalue weighted by atomic mass is 35.5. The van der Waals surface area contributed by atoms with Crippen LogP contribution in [-0.4, -0.2) is 24.7 Å². The summed E-state index contributed by atoms with van der Waals surface area (Å²) in [5, 5.41) is 18.4. The molecule has 2 heterocycles. The molecule has 0 bridgehead atoms. The summed E-state index contributed by atoms with van der Waals surface area (Å²) in [5.41, 5.74) is 0. The number of hydrogen-bond acceptors (Lipinski definition) is 4. The molecule has 0 aliphatic carbocycles. The Labute approximate surface area is 131 Å². The van der Waals surface area contributed by atoms with E-state index < -0.39 is 6.10 Å². The van der Waals surface area contributed by atoms with Crippen LogP contribution in [0.1, 0.15) is 15.9 Å². The molecule has 0 spiro atoms. The van der Waals surface area contributed by atoms with Crippen molar-refractivity contribution in [2.75, 3.05) is 13.6 Å². The lowest BCUT2D eigenvalue weighted by atomic mass is 10.3. The molecule has 0 aliphatic heterocycles. The summed E-state index contributed by atoms with van der Waals surface area (Å²) in [7, 11) is 1.71. The number of aliphatic hydroxyl groups excluding tert-OH is 1. The van der Waals surface area contributed by atoms with Crippen molar-refractivity contribution in [1.82, 2.24) is 10.6 Å². The minimum Gasteiger partial charge on any atom is -0.386 e. The van der Waals surface area contributed by atoms with Crippen molar-refractivity contribution in [2.45, 2.75) is 12.6 Å². The third kappa shape index (κ3) is 4.49. The van der Waals surface area contributed by atoms with Crippen LogP contribution in [0.2, 0.25) is 4.34 Å². The van der Waals surface area contributed by atoms with E-state index in [9.17, 15) is 5.11 Å². The van der Waals surface area contributed by atoms with Crippen molar-refractivity contribution in [2.24, 2.45) is 4.99 Å². The van der Waals surface area contributed by atoms with E-state index in [1.54, 1.807) is 24.5 Å². The van der Waals surface area contributed by atoms with Crippen molar-refractivity contribution in [1.29, 1.82) is 0 Å². The van der Waals surface area contributed by atoms with Crippen LogP contribution in [0, 0.1) is 0 Å². The maximum absolute atomic E-state index is 10.0. The Morgan fingerprint density at radius 1 is 1.40 bits per heavy atom. The van der Waals surface area contributed by atoms with E-state index in [2.05, 4.69) is 21.7 Å². The Hall–Kier alpha value is -1.08. The first-order valence-electron chi connectivity index (χ1n) is 6.09. The number of nitrogens with one attached hydrogen (secondary N) is 2. The van der Waals surface area contributed by atoms with E-state index >= 15 is 0 Å². The fraction of sp³-hybridized carbons (Fsp3) is 0.308. The van der Waals surface area contributed by atoms with Gasteiger partial charge in [0.05, 0.1) is 10.9 Å². The third-order valence-electron chi connectivity index (χ3n) is 2.62. The molecule has 1 atom stereocenters. The van der Waals surface area contributed by atoms with Crippen LogP contribution >= 0.6 is 34.3 Å². The van der Waals surface area contributed by atoms with Gasteiger partial charge in [-0.1, -0.05) is 17.7 Å². The van der Waals surface area contributed by atoms with E-state index in [1.807, 2.05) is 17.5 Å². The quantitative estimate of drug-likeness (QED) is 0.584. The molecule has 0 fully saturated rings. The molecular weight excluding hydrogens is 314 g/mol. The minimum atomic E-state index is -0.590. The molecule has 2 aromatic rings. The predicted octanol–water partition coefficient (Wildman–Crippen LogP) is 2.86. The lowest BCUT2D eigenvalue weighted by molar-refractivity contribution is 0.184. The van der Waals surface area contributed by atoms with Crippen molar-refractivity contribution < 1.29 is 5.11 Å². The van der Waals surface area contributed by atoms with Crippen molar-refractivity contribution in [3.8, 4) is 0 Å². The Kier molecular flexibility index (Phi) is 5.85. The molecule has 0 aliphatic rings. The Bertz CT molecular complexity index is 554. The van der Waals surface area contributed by atoms with Crippen LogP contribution in [0.25, 0.3) is 0 Å². The van der Waals surface area contributed by atoms with Gasteiger partial charge in [-0.05, 0) is 23.6 Å². The van der Waals surface area contributed by atoms with Crippen LogP contribution in [-0.2, 0) is 6.54 Å². The second-order valence-corrected chi connectivity index (χ2v) is 6.82. The van der Waals surface area contributed by atoms with Crippen LogP contribution in [0.15, 0.2) is 34.6 Å². The monoisotopic (exact) mass is 329 g/mol. The van der Waals surface area contributed by atoms with Gasteiger partial charge in [-0.2, -0.15) is 0 Å². The zero-order valence-corrected chi connectivity index (χ0v) is 13.4. The van der Waals surface area contributed by atoms with Gasteiger partial charge in [0.25, 0.3) is 0 Å². The highest BCUT2D eigenvalue weighted by Gasteiger charge is 2.10. The Morgan fingerprint density at radius 2 is 2.25 bits per heavy atom. The molecule has 20 heavy (non-hydrogen) atoms. The molecule has 0 radical (unpaired) electrons. The predicted molar refractivity (Wildman–Crippen MR) is 86.8 cm³/mol. The molecule has 3 N–H and O–H groups in total. The number of aliphatic imine (C=N–C) groups is 1. The molecular formula is C13H16ClN3OS2. The van der Waals surface area contributed by atoms with E-state index in [4.69, 9.17) is 11.6 Å². The molecule has 2 rings (SSSR count). The minimum absolute atomic E-state index is 0.390. The SMILES string of the molecule is CN=C(NCc1cccs1)NCC(O)c1ccc(Cl)s1. The first kappa shape index (κ1) is 15.3. The van der Waals surface area contributed by atoms with Gasteiger partial charge in [-0.25, -0.2) is 0 Å². The summed E-state index contributed by atoms with van der Waals surface area (Å²) in [4.78, 5) is 6.20.